The zero-order valence-corrected chi connectivity index (χ0v) is 19.6. The minimum atomic E-state index is 0. The molecule has 0 heterocycles. The molecular weight excluding hydrogens is 346 g/mol. The third-order valence-corrected chi connectivity index (χ3v) is 3.69. The summed E-state index contributed by atoms with van der Waals surface area (Å²) in [6, 6.07) is 10.8. The molecule has 1 aromatic rings. The highest BCUT2D eigenvalue weighted by molar-refractivity contribution is 5.14. The number of benzene rings is 1. The van der Waals surface area contributed by atoms with Crippen molar-refractivity contribution in [2.24, 2.45) is 0 Å². The summed E-state index contributed by atoms with van der Waals surface area (Å²) < 4.78 is 0. The number of carbonyl (C=O) groups is 1. The molecule has 28 heavy (non-hydrogen) atoms. The lowest BCUT2D eigenvalue weighted by molar-refractivity contribution is -0.0979. The molecule has 1 unspecified atom stereocenters. The number of hydrogen-bond donors (Lipinski definition) is 2. The van der Waals surface area contributed by atoms with Crippen molar-refractivity contribution >= 4 is 6.79 Å². The minimum Gasteiger partial charge on any atom is -0.400 e. The van der Waals surface area contributed by atoms with Gasteiger partial charge in [-0.15, -0.1) is 13.2 Å². The van der Waals surface area contributed by atoms with E-state index in [1.807, 2.05) is 34.5 Å². The molecule has 3 nitrogen and oxygen atoms in total. The summed E-state index contributed by atoms with van der Waals surface area (Å²) >= 11 is 0. The number of aryl methyl sites for hydroxylation is 1. The number of rotatable bonds is 8. The van der Waals surface area contributed by atoms with Gasteiger partial charge < -0.3 is 15.2 Å². The molecule has 0 aromatic heterocycles. The quantitative estimate of drug-likeness (QED) is 0.362. The van der Waals surface area contributed by atoms with Gasteiger partial charge in [0, 0.05) is 12.6 Å². The van der Waals surface area contributed by atoms with E-state index in [-0.39, 0.29) is 7.43 Å². The molecule has 0 aliphatic carbocycles. The van der Waals surface area contributed by atoms with Gasteiger partial charge in [0.15, 0.2) is 0 Å². The van der Waals surface area contributed by atoms with Crippen LogP contribution in [0.2, 0.25) is 0 Å². The number of aliphatic hydroxyl groups is 1. The third-order valence-electron chi connectivity index (χ3n) is 3.69. The SMILES string of the molecule is C.C=C.C=O.CC.CC.CCCC(C)(CCCCc1ccccc1)NC.CO. The van der Waals surface area contributed by atoms with Crippen molar-refractivity contribution in [2.45, 2.75) is 93.0 Å². The minimum absolute atomic E-state index is 0. The van der Waals surface area contributed by atoms with Gasteiger partial charge in [0.25, 0.3) is 0 Å². The molecule has 0 fully saturated rings. The van der Waals surface area contributed by atoms with E-state index in [1.54, 1.807) is 0 Å². The Bertz CT molecular complexity index is 329. The van der Waals surface area contributed by atoms with Crippen LogP contribution in [0.5, 0.6) is 0 Å². The van der Waals surface area contributed by atoms with Crippen LogP contribution in [0.25, 0.3) is 0 Å². The monoisotopic (exact) mass is 399 g/mol. The van der Waals surface area contributed by atoms with Crippen LogP contribution in [0, 0.1) is 0 Å². The zero-order valence-electron chi connectivity index (χ0n) is 19.6. The summed E-state index contributed by atoms with van der Waals surface area (Å²) in [5, 5.41) is 10.5. The first-order valence-electron chi connectivity index (χ1n) is 10.2. The van der Waals surface area contributed by atoms with Crippen LogP contribution in [0.4, 0.5) is 0 Å². The van der Waals surface area contributed by atoms with Crippen molar-refractivity contribution in [2.75, 3.05) is 14.2 Å². The van der Waals surface area contributed by atoms with E-state index in [1.165, 1.54) is 44.1 Å². The Morgan fingerprint density at radius 3 is 1.71 bits per heavy atom. The number of aliphatic hydroxyl groups excluding tert-OH is 1. The lowest BCUT2D eigenvalue weighted by Gasteiger charge is -2.29. The number of carbonyl (C=O) groups excluding carboxylic acids is 1. The van der Waals surface area contributed by atoms with Crippen LogP contribution in [-0.2, 0) is 11.2 Å². The molecule has 0 radical (unpaired) electrons. The van der Waals surface area contributed by atoms with E-state index in [4.69, 9.17) is 9.90 Å². The van der Waals surface area contributed by atoms with Crippen LogP contribution < -0.4 is 5.32 Å². The fourth-order valence-electron chi connectivity index (χ4n) is 2.42. The summed E-state index contributed by atoms with van der Waals surface area (Å²) in [5.74, 6) is 0. The molecule has 0 saturated heterocycles. The molecular formula is C25H53NO2. The van der Waals surface area contributed by atoms with Gasteiger partial charge in [0.1, 0.15) is 6.79 Å². The highest BCUT2D eigenvalue weighted by Gasteiger charge is 2.19. The zero-order chi connectivity index (χ0) is 22.6. The fraction of sp³-hybridized carbons (Fsp3) is 0.640. The van der Waals surface area contributed by atoms with E-state index in [0.717, 1.165) is 7.11 Å². The van der Waals surface area contributed by atoms with Crippen molar-refractivity contribution in [3.8, 4) is 0 Å². The summed E-state index contributed by atoms with van der Waals surface area (Å²) in [6.07, 6.45) is 7.64. The van der Waals surface area contributed by atoms with Gasteiger partial charge in [-0.3, -0.25) is 0 Å². The van der Waals surface area contributed by atoms with E-state index < -0.39 is 0 Å². The van der Waals surface area contributed by atoms with Gasteiger partial charge >= 0.3 is 0 Å². The molecule has 170 valence electrons. The molecule has 0 amide bonds. The second-order valence-electron chi connectivity index (χ2n) is 5.25. The summed E-state index contributed by atoms with van der Waals surface area (Å²) in [4.78, 5) is 8.00. The average molecular weight is 400 g/mol. The van der Waals surface area contributed by atoms with Gasteiger partial charge in [-0.2, -0.15) is 0 Å². The standard InChI is InChI=1S/C16H27N.2C2H6.C2H4.CH4O.CH2O.CH4/c1-4-13-16(2,17-3)14-9-8-12-15-10-6-5-7-11-15;5*1-2;/h5-7,10-11,17H,4,8-9,12-14H2,1-3H3;2*1-2H3;1-2H2;2H,1H3;1H2;1H4. The lowest BCUT2D eigenvalue weighted by Crippen LogP contribution is -2.39. The van der Waals surface area contributed by atoms with E-state index >= 15 is 0 Å². The third kappa shape index (κ3) is 29.3. The summed E-state index contributed by atoms with van der Waals surface area (Å²) in [5.41, 5.74) is 1.81. The fourth-order valence-corrected chi connectivity index (χ4v) is 2.42. The Kier molecular flexibility index (Phi) is 59.1. The van der Waals surface area contributed by atoms with Crippen LogP contribution in [0.15, 0.2) is 43.5 Å². The van der Waals surface area contributed by atoms with E-state index in [9.17, 15) is 0 Å². The van der Waals surface area contributed by atoms with Gasteiger partial charge in [0.05, 0.1) is 0 Å². The Balaban J connectivity index is -0.0000000956. The maximum Gasteiger partial charge on any atom is 0.106 e. The van der Waals surface area contributed by atoms with Gasteiger partial charge in [-0.1, -0.05) is 85.2 Å². The predicted octanol–water partition coefficient (Wildman–Crippen LogP) is 7.09. The Morgan fingerprint density at radius 1 is 0.929 bits per heavy atom. The molecule has 0 spiro atoms. The molecule has 0 bridgehead atoms. The molecule has 2 N–H and O–H groups in total. The summed E-state index contributed by atoms with van der Waals surface area (Å²) in [7, 11) is 3.09. The highest BCUT2D eigenvalue weighted by atomic mass is 16.2. The number of unbranched alkanes of at least 4 members (excludes halogenated alkanes) is 1. The van der Waals surface area contributed by atoms with Gasteiger partial charge in [-0.05, 0) is 45.2 Å². The van der Waals surface area contributed by atoms with Crippen LogP contribution in [0.3, 0.4) is 0 Å². The number of hydrogen-bond acceptors (Lipinski definition) is 3. The van der Waals surface area contributed by atoms with Gasteiger partial charge in [-0.25, -0.2) is 0 Å². The molecule has 1 aromatic carbocycles. The van der Waals surface area contributed by atoms with Crippen LogP contribution >= 0.6 is 0 Å². The molecule has 0 aliphatic rings. The summed E-state index contributed by atoms with van der Waals surface area (Å²) in [6.45, 7) is 20.6. The lowest BCUT2D eigenvalue weighted by atomic mass is 9.89. The highest BCUT2D eigenvalue weighted by Crippen LogP contribution is 2.20. The van der Waals surface area contributed by atoms with Crippen molar-refractivity contribution in [1.29, 1.82) is 0 Å². The van der Waals surface area contributed by atoms with Crippen molar-refractivity contribution < 1.29 is 9.90 Å². The van der Waals surface area contributed by atoms with Crippen LogP contribution in [0.1, 0.15) is 86.6 Å². The first-order valence-corrected chi connectivity index (χ1v) is 10.2. The molecule has 1 atom stereocenters. The second kappa shape index (κ2) is 40.3. The van der Waals surface area contributed by atoms with Crippen molar-refractivity contribution in [1.82, 2.24) is 5.32 Å². The largest absolute Gasteiger partial charge is 0.400 e. The van der Waals surface area contributed by atoms with E-state index in [2.05, 4.69) is 69.7 Å². The maximum absolute atomic E-state index is 8.00. The first-order chi connectivity index (χ1) is 13.2. The van der Waals surface area contributed by atoms with E-state index in [0.29, 0.717) is 5.54 Å². The topological polar surface area (TPSA) is 49.3 Å². The van der Waals surface area contributed by atoms with Crippen molar-refractivity contribution in [3.05, 3.63) is 49.1 Å². The molecule has 3 heteroatoms. The Labute approximate surface area is 178 Å². The second-order valence-corrected chi connectivity index (χ2v) is 5.25. The Morgan fingerprint density at radius 2 is 1.36 bits per heavy atom. The first kappa shape index (κ1) is 41.0. The normalized spacial score (nSPS) is 9.75. The Hall–Kier alpha value is -1.45. The molecule has 0 saturated carbocycles. The number of nitrogens with one attached hydrogen (secondary N) is 1. The van der Waals surface area contributed by atoms with Crippen molar-refractivity contribution in [3.63, 3.8) is 0 Å². The average Bonchev–Trinajstić information content (AvgIpc) is 2.79. The molecule has 1 rings (SSSR count). The maximum atomic E-state index is 8.00. The smallest absolute Gasteiger partial charge is 0.106 e. The molecule has 0 aliphatic heterocycles. The van der Waals surface area contributed by atoms with Gasteiger partial charge in [0.2, 0.25) is 0 Å². The predicted molar refractivity (Wildman–Crippen MR) is 132 cm³/mol. The van der Waals surface area contributed by atoms with Crippen LogP contribution in [-0.4, -0.2) is 31.6 Å².